The zero-order valence-electron chi connectivity index (χ0n) is 54.8. The summed E-state index contributed by atoms with van der Waals surface area (Å²) in [4.78, 5) is 0. The minimum atomic E-state index is 0.688. The number of methoxy groups -OCH3 is 2. The number of aryl methyl sites for hydroxylation is 8. The van der Waals surface area contributed by atoms with Crippen LogP contribution in [0.5, 0.6) is 11.5 Å². The molecule has 0 fully saturated rings. The van der Waals surface area contributed by atoms with E-state index in [0.29, 0.717) is 10.0 Å². The van der Waals surface area contributed by atoms with Gasteiger partial charge in [-0.15, -0.1) is 0 Å². The fraction of sp³-hybridized carbons (Fsp3) is 0.184. The molecular weight excluding hydrogens is 1270 g/mol. The van der Waals surface area contributed by atoms with Crippen molar-refractivity contribution in [2.45, 2.75) is 78.0 Å². The van der Waals surface area contributed by atoms with Crippen LogP contribution in [0.25, 0.3) is 0 Å². The van der Waals surface area contributed by atoms with Crippen LogP contribution in [0, 0.1) is 0 Å². The quantitative estimate of drug-likeness (QED) is 0.0337. The molecule has 0 amide bonds. The van der Waals surface area contributed by atoms with Gasteiger partial charge in [0.25, 0.3) is 0 Å². The highest BCUT2D eigenvalue weighted by Gasteiger charge is 2.12. The first-order valence-electron chi connectivity index (χ1n) is 32.4. The van der Waals surface area contributed by atoms with Crippen LogP contribution in [0.1, 0.15) is 25.7 Å². The molecular formula is C76H78Cl2N18O2+6. The molecule has 2 N–H and O–H groups in total. The summed E-state index contributed by atoms with van der Waals surface area (Å²) in [6, 6.07) is 61.8. The molecule has 0 aliphatic rings. The number of anilines is 4. The van der Waals surface area contributed by atoms with Gasteiger partial charge in [0.05, 0.1) is 85.9 Å². The van der Waals surface area contributed by atoms with E-state index in [1.165, 1.54) is 0 Å². The standard InChI is InChI=1S/C45H45N10O2.C31H31Cl2N8/c1-56-44-17-13-38(14-18-44)46-36-5-9-40(10-6-36)48-50-42-21-29-52(30-22-42)25-3-27-54-33-34-55(35-54)28-4-26-53-31-23-43(24-32-53)51-49-41-11-7-37(8-12-41)47-39-15-19-45(57-2)20-16-39;32-26-3-7-28(8-4-26)34-36-30-11-19-38(20-12-30)15-1-17-40-23-24-41(25-40)18-2-16-39-21-13-31(14-22-39)37-35-29-9-5-27(33)6-10-29/h5-24,29-35H,3-4,25-28H2,1-2H3;3-14,19-25H,1-2,15-18H2/q+1;+3/p+2. The van der Waals surface area contributed by atoms with Gasteiger partial charge in [-0.25, -0.2) is 36.5 Å². The Morgan fingerprint density at radius 2 is 0.520 bits per heavy atom. The molecule has 0 atom stereocenters. The number of aromatic nitrogens is 8. The number of hydrogen-bond donors (Lipinski definition) is 2. The first-order valence-corrected chi connectivity index (χ1v) is 33.2. The molecule has 22 heteroatoms. The Bertz CT molecular complexity index is 4210. The lowest BCUT2D eigenvalue weighted by molar-refractivity contribution is -0.726. The molecule has 0 spiro atoms. The van der Waals surface area contributed by atoms with E-state index in [0.717, 1.165) is 158 Å². The molecule has 20 nitrogen and oxygen atoms in total. The highest BCUT2D eigenvalue weighted by atomic mass is 35.5. The van der Waals surface area contributed by atoms with Gasteiger partial charge in [-0.1, -0.05) is 23.2 Å². The number of imidazole rings is 2. The summed E-state index contributed by atoms with van der Waals surface area (Å²) in [5.41, 5.74) is 10.3. The van der Waals surface area contributed by atoms with Gasteiger partial charge in [0, 0.05) is 107 Å². The van der Waals surface area contributed by atoms with E-state index in [-0.39, 0.29) is 0 Å². The van der Waals surface area contributed by atoms with Crippen LogP contribution in [0.3, 0.4) is 0 Å². The van der Waals surface area contributed by atoms with Crippen LogP contribution < -0.4 is 47.5 Å². The van der Waals surface area contributed by atoms with Crippen molar-refractivity contribution in [1.82, 2.24) is 9.13 Å². The van der Waals surface area contributed by atoms with Crippen LogP contribution >= 0.6 is 23.2 Å². The van der Waals surface area contributed by atoms with Crippen molar-refractivity contribution in [2.75, 3.05) is 24.9 Å². The SMILES string of the molecule is COc1ccc(Nc2ccc(N=Nc3cc[n+](CCCn4cc[n+](CCC[n+]5ccc(N=Nc6ccc(Nc7ccc(OC)cc7)cc6)cc5)c4)cc3)cc2)cc1.Clc1ccc(N=Nc2cc[n+](CCCn3cc[n+](CCC[n+]4ccc(N=Nc5ccc(Cl)cc5)cc4)c3)cc2)cc1. The molecule has 6 heterocycles. The molecule has 492 valence electrons. The first-order chi connectivity index (χ1) is 48.1. The van der Waals surface area contributed by atoms with Gasteiger partial charge in [-0.3, -0.25) is 0 Å². The van der Waals surface area contributed by atoms with Crippen LogP contribution in [-0.4, -0.2) is 23.4 Å². The predicted octanol–water partition coefficient (Wildman–Crippen LogP) is 17.5. The summed E-state index contributed by atoms with van der Waals surface area (Å²) >= 11 is 11.8. The predicted molar refractivity (Wildman–Crippen MR) is 379 cm³/mol. The number of benzene rings is 6. The van der Waals surface area contributed by atoms with Crippen molar-refractivity contribution in [2.24, 2.45) is 40.9 Å². The third-order valence-electron chi connectivity index (χ3n) is 15.6. The molecule has 0 saturated carbocycles. The maximum Gasteiger partial charge on any atom is 0.243 e. The average Bonchev–Trinajstić information content (AvgIpc) is 2.05. The topological polar surface area (TPSA) is 175 Å². The third-order valence-corrected chi connectivity index (χ3v) is 16.1. The number of nitrogens with zero attached hydrogens (tertiary/aromatic N) is 16. The van der Waals surface area contributed by atoms with Crippen LogP contribution in [0.2, 0.25) is 10.0 Å². The van der Waals surface area contributed by atoms with E-state index in [9.17, 15) is 0 Å². The number of pyridine rings is 4. The van der Waals surface area contributed by atoms with Crippen molar-refractivity contribution < 1.29 is 36.9 Å². The maximum atomic E-state index is 5.91. The van der Waals surface area contributed by atoms with Crippen molar-refractivity contribution in [1.29, 1.82) is 0 Å². The highest BCUT2D eigenvalue weighted by Crippen LogP contribution is 2.27. The second-order valence-corrected chi connectivity index (χ2v) is 23.8. The lowest BCUT2D eigenvalue weighted by Crippen LogP contribution is -2.37. The van der Waals surface area contributed by atoms with Gasteiger partial charge in [0.15, 0.2) is 75.8 Å². The monoisotopic (exact) mass is 1340 g/mol. The first kappa shape index (κ1) is 67.9. The Hall–Kier alpha value is -11.5. The van der Waals surface area contributed by atoms with Crippen molar-refractivity contribution in [3.8, 4) is 11.5 Å². The zero-order valence-corrected chi connectivity index (χ0v) is 56.3. The molecule has 0 radical (unpaired) electrons. The molecule has 98 heavy (non-hydrogen) atoms. The molecule has 0 aliphatic heterocycles. The van der Waals surface area contributed by atoms with E-state index in [2.05, 4.69) is 150 Å². The van der Waals surface area contributed by atoms with Gasteiger partial charge in [-0.05, 0) is 146 Å². The number of hydrogen-bond acceptors (Lipinski definition) is 12. The van der Waals surface area contributed by atoms with Crippen LogP contribution in [0.4, 0.5) is 68.2 Å². The van der Waals surface area contributed by atoms with E-state index < -0.39 is 0 Å². The lowest BCUT2D eigenvalue weighted by atomic mass is 10.2. The largest absolute Gasteiger partial charge is 0.497 e. The number of ether oxygens (including phenoxy) is 2. The second-order valence-electron chi connectivity index (χ2n) is 22.9. The molecule has 0 bridgehead atoms. The van der Waals surface area contributed by atoms with Gasteiger partial charge in [-0.2, -0.15) is 40.9 Å². The Balaban J connectivity index is 0.000000209. The fourth-order valence-corrected chi connectivity index (χ4v) is 10.4. The van der Waals surface area contributed by atoms with Crippen LogP contribution in [0.15, 0.2) is 322 Å². The van der Waals surface area contributed by atoms with Gasteiger partial charge < -0.3 is 20.1 Å². The Kier molecular flexibility index (Phi) is 24.9. The highest BCUT2D eigenvalue weighted by molar-refractivity contribution is 6.30. The number of nitrogens with one attached hydrogen (secondary N) is 2. The normalized spacial score (nSPS) is 11.4. The minimum absolute atomic E-state index is 0.688. The summed E-state index contributed by atoms with van der Waals surface area (Å²) in [5.74, 6) is 1.66. The molecule has 6 aromatic heterocycles. The Morgan fingerprint density at radius 3 is 0.796 bits per heavy atom. The average molecular weight is 1350 g/mol. The second kappa shape index (κ2) is 35.9. The van der Waals surface area contributed by atoms with Crippen molar-refractivity contribution in [3.05, 3.63) is 291 Å². The van der Waals surface area contributed by atoms with E-state index in [1.54, 1.807) is 38.5 Å². The van der Waals surface area contributed by atoms with E-state index in [4.69, 9.17) is 32.7 Å². The number of halogens is 2. The fourth-order valence-electron chi connectivity index (χ4n) is 10.2. The minimum Gasteiger partial charge on any atom is -0.497 e. The smallest absolute Gasteiger partial charge is 0.243 e. The summed E-state index contributed by atoms with van der Waals surface area (Å²) in [7, 11) is 3.33. The van der Waals surface area contributed by atoms with Gasteiger partial charge in [0.2, 0.25) is 12.7 Å². The molecule has 0 aliphatic carbocycles. The Labute approximate surface area is 580 Å². The number of rotatable bonds is 30. The maximum absolute atomic E-state index is 5.91. The molecule has 6 aromatic carbocycles. The van der Waals surface area contributed by atoms with Gasteiger partial charge >= 0.3 is 0 Å². The molecule has 12 aromatic rings. The number of azo groups is 4. The third kappa shape index (κ3) is 22.3. The summed E-state index contributed by atoms with van der Waals surface area (Å²) in [6.07, 6.45) is 33.4. The summed E-state index contributed by atoms with van der Waals surface area (Å²) < 4.78 is 28.1. The Morgan fingerprint density at radius 1 is 0.286 bits per heavy atom. The molecule has 12 rings (SSSR count). The van der Waals surface area contributed by atoms with E-state index in [1.807, 2.05) is 195 Å². The molecule has 0 unspecified atom stereocenters. The van der Waals surface area contributed by atoms with Crippen molar-refractivity contribution >= 4 is 91.5 Å². The zero-order chi connectivity index (χ0) is 67.4. The summed E-state index contributed by atoms with van der Waals surface area (Å²) in [5, 5.41) is 42.9. The van der Waals surface area contributed by atoms with Crippen LogP contribution in [-0.2, 0) is 52.4 Å². The molecule has 0 saturated heterocycles. The summed E-state index contributed by atoms with van der Waals surface area (Å²) in [6.45, 7) is 7.49. The lowest BCUT2D eigenvalue weighted by Gasteiger charge is -2.07. The van der Waals surface area contributed by atoms with Gasteiger partial charge in [0.1, 0.15) is 36.3 Å². The van der Waals surface area contributed by atoms with E-state index >= 15 is 0 Å². The van der Waals surface area contributed by atoms with Crippen molar-refractivity contribution in [3.63, 3.8) is 0 Å².